The molecular formula is C21H27N3O3S. The average molecular weight is 402 g/mol. The molecule has 2 aliphatic heterocycles. The standard InChI is InChI=1S/C21H27N3O3S/c1-15-11-20(22-19-6-4-3-5-18(15)19)23-9-7-17(8-10-23)24-13-16(12-21(24)25)14-28(2,26)27/h3-6,11,16-17H,7-10,12-14H2,1-2H3. The van der Waals surface area contributed by atoms with Crippen LogP contribution in [-0.4, -0.2) is 61.9 Å². The largest absolute Gasteiger partial charge is 0.356 e. The number of aromatic nitrogens is 1. The molecule has 0 aliphatic carbocycles. The summed E-state index contributed by atoms with van der Waals surface area (Å²) >= 11 is 0. The van der Waals surface area contributed by atoms with E-state index in [1.54, 1.807) is 0 Å². The van der Waals surface area contributed by atoms with Gasteiger partial charge in [-0.2, -0.15) is 0 Å². The zero-order valence-corrected chi connectivity index (χ0v) is 17.3. The summed E-state index contributed by atoms with van der Waals surface area (Å²) in [6.07, 6.45) is 3.39. The van der Waals surface area contributed by atoms with Crippen LogP contribution in [0.2, 0.25) is 0 Å². The predicted molar refractivity (Wildman–Crippen MR) is 111 cm³/mol. The van der Waals surface area contributed by atoms with Gasteiger partial charge < -0.3 is 9.80 Å². The molecule has 0 N–H and O–H groups in total. The topological polar surface area (TPSA) is 70.6 Å². The number of benzene rings is 1. The minimum atomic E-state index is -3.05. The first-order chi connectivity index (χ1) is 13.3. The quantitative estimate of drug-likeness (QED) is 0.787. The zero-order chi connectivity index (χ0) is 19.9. The number of likely N-dealkylation sites (tertiary alicyclic amines) is 1. The Morgan fingerprint density at radius 1 is 1.18 bits per heavy atom. The number of fused-ring (bicyclic) bond motifs is 1. The summed E-state index contributed by atoms with van der Waals surface area (Å²) in [6, 6.07) is 10.5. The van der Waals surface area contributed by atoms with E-state index in [1.807, 2.05) is 23.1 Å². The first-order valence-electron chi connectivity index (χ1n) is 9.89. The number of nitrogens with zero attached hydrogens (tertiary/aromatic N) is 3. The molecule has 1 atom stereocenters. The maximum absolute atomic E-state index is 12.4. The van der Waals surface area contributed by atoms with Crippen LogP contribution in [0.3, 0.4) is 0 Å². The number of sulfone groups is 1. The number of para-hydroxylation sites is 1. The van der Waals surface area contributed by atoms with Crippen LogP contribution in [0.1, 0.15) is 24.8 Å². The van der Waals surface area contributed by atoms with Crippen LogP contribution in [0, 0.1) is 12.8 Å². The fourth-order valence-corrected chi connectivity index (χ4v) is 5.68. The highest BCUT2D eigenvalue weighted by atomic mass is 32.2. The molecular weight excluding hydrogens is 374 g/mol. The number of carbonyl (C=O) groups excluding carboxylic acids is 1. The first-order valence-corrected chi connectivity index (χ1v) is 11.9. The van der Waals surface area contributed by atoms with E-state index in [1.165, 1.54) is 17.2 Å². The summed E-state index contributed by atoms with van der Waals surface area (Å²) in [5, 5.41) is 1.18. The number of piperidine rings is 1. The highest BCUT2D eigenvalue weighted by Gasteiger charge is 2.37. The van der Waals surface area contributed by atoms with Crippen LogP contribution >= 0.6 is 0 Å². The van der Waals surface area contributed by atoms with Gasteiger partial charge in [-0.25, -0.2) is 13.4 Å². The molecule has 2 saturated heterocycles. The second kappa shape index (κ2) is 7.35. The highest BCUT2D eigenvalue weighted by molar-refractivity contribution is 7.90. The van der Waals surface area contributed by atoms with Crippen LogP contribution in [0.5, 0.6) is 0 Å². The third kappa shape index (κ3) is 3.99. The van der Waals surface area contributed by atoms with Gasteiger partial charge in [0.25, 0.3) is 0 Å². The molecule has 0 saturated carbocycles. The number of pyridine rings is 1. The molecule has 150 valence electrons. The molecule has 1 unspecified atom stereocenters. The van der Waals surface area contributed by atoms with E-state index < -0.39 is 9.84 Å². The Balaban J connectivity index is 1.42. The third-order valence-electron chi connectivity index (χ3n) is 5.92. The van der Waals surface area contributed by atoms with Crippen molar-refractivity contribution in [3.63, 3.8) is 0 Å². The molecule has 0 radical (unpaired) electrons. The Bertz CT molecular complexity index is 997. The van der Waals surface area contributed by atoms with Crippen LogP contribution in [0.4, 0.5) is 5.82 Å². The van der Waals surface area contributed by atoms with Gasteiger partial charge in [0.2, 0.25) is 5.91 Å². The summed E-state index contributed by atoms with van der Waals surface area (Å²) in [7, 11) is -3.05. The second-order valence-electron chi connectivity index (χ2n) is 8.24. The molecule has 1 amide bonds. The van der Waals surface area contributed by atoms with E-state index in [0.717, 1.165) is 37.3 Å². The van der Waals surface area contributed by atoms with Gasteiger partial charge in [-0.1, -0.05) is 18.2 Å². The number of amides is 1. The summed E-state index contributed by atoms with van der Waals surface area (Å²) in [6.45, 7) is 4.40. The van der Waals surface area contributed by atoms with Gasteiger partial charge in [-0.05, 0) is 43.4 Å². The summed E-state index contributed by atoms with van der Waals surface area (Å²) in [5.41, 5.74) is 2.24. The summed E-state index contributed by atoms with van der Waals surface area (Å²) in [5.74, 6) is 1.14. The molecule has 6 nitrogen and oxygen atoms in total. The Labute approximate surface area is 166 Å². The molecule has 0 bridgehead atoms. The van der Waals surface area contributed by atoms with Gasteiger partial charge in [-0.15, -0.1) is 0 Å². The minimum absolute atomic E-state index is 0.0645. The van der Waals surface area contributed by atoms with E-state index in [-0.39, 0.29) is 23.6 Å². The zero-order valence-electron chi connectivity index (χ0n) is 16.5. The fraction of sp³-hybridized carbons (Fsp3) is 0.524. The van der Waals surface area contributed by atoms with E-state index >= 15 is 0 Å². The van der Waals surface area contributed by atoms with Gasteiger partial charge in [0, 0.05) is 43.7 Å². The van der Waals surface area contributed by atoms with Gasteiger partial charge in [0.05, 0.1) is 11.3 Å². The number of hydrogen-bond donors (Lipinski definition) is 0. The molecule has 2 aromatic rings. The SMILES string of the molecule is Cc1cc(N2CCC(N3CC(CS(C)(=O)=O)CC3=O)CC2)nc2ccccc12. The highest BCUT2D eigenvalue weighted by Crippen LogP contribution is 2.29. The Morgan fingerprint density at radius 2 is 1.89 bits per heavy atom. The van der Waals surface area contributed by atoms with Crippen molar-refractivity contribution in [3.05, 3.63) is 35.9 Å². The molecule has 0 spiro atoms. The number of hydrogen-bond acceptors (Lipinski definition) is 5. The van der Waals surface area contributed by atoms with Crippen molar-refractivity contribution < 1.29 is 13.2 Å². The van der Waals surface area contributed by atoms with Crippen LogP contribution < -0.4 is 4.90 Å². The van der Waals surface area contributed by atoms with Crippen molar-refractivity contribution in [1.82, 2.24) is 9.88 Å². The lowest BCUT2D eigenvalue weighted by molar-refractivity contribution is -0.130. The van der Waals surface area contributed by atoms with Crippen molar-refractivity contribution >= 4 is 32.5 Å². The smallest absolute Gasteiger partial charge is 0.223 e. The monoisotopic (exact) mass is 401 g/mol. The minimum Gasteiger partial charge on any atom is -0.356 e. The molecule has 2 fully saturated rings. The number of carbonyl (C=O) groups is 1. The van der Waals surface area contributed by atoms with Crippen molar-refractivity contribution in [1.29, 1.82) is 0 Å². The summed E-state index contributed by atoms with van der Waals surface area (Å²) in [4.78, 5) is 21.5. The van der Waals surface area contributed by atoms with E-state index in [2.05, 4.69) is 24.0 Å². The first kappa shape index (κ1) is 19.2. The van der Waals surface area contributed by atoms with Gasteiger partial charge >= 0.3 is 0 Å². The maximum Gasteiger partial charge on any atom is 0.223 e. The molecule has 28 heavy (non-hydrogen) atoms. The molecule has 2 aliphatic rings. The molecule has 4 rings (SSSR count). The lowest BCUT2D eigenvalue weighted by Gasteiger charge is -2.37. The number of rotatable bonds is 4. The number of aryl methyl sites for hydroxylation is 1. The second-order valence-corrected chi connectivity index (χ2v) is 10.4. The lowest BCUT2D eigenvalue weighted by atomic mass is 10.0. The predicted octanol–water partition coefficient (Wildman–Crippen LogP) is 2.41. The van der Waals surface area contributed by atoms with Gasteiger partial charge in [-0.3, -0.25) is 4.79 Å². The molecule has 7 heteroatoms. The lowest BCUT2D eigenvalue weighted by Crippen LogP contribution is -2.46. The van der Waals surface area contributed by atoms with Crippen LogP contribution in [0.25, 0.3) is 10.9 Å². The maximum atomic E-state index is 12.4. The average Bonchev–Trinajstić information content (AvgIpc) is 3.00. The fourth-order valence-electron chi connectivity index (χ4n) is 4.60. The van der Waals surface area contributed by atoms with E-state index in [4.69, 9.17) is 4.98 Å². The summed E-state index contributed by atoms with van der Waals surface area (Å²) < 4.78 is 23.1. The Hall–Kier alpha value is -2.15. The van der Waals surface area contributed by atoms with Crippen molar-refractivity contribution in [3.8, 4) is 0 Å². The third-order valence-corrected chi connectivity index (χ3v) is 6.99. The Morgan fingerprint density at radius 3 is 2.61 bits per heavy atom. The molecule has 1 aromatic carbocycles. The van der Waals surface area contributed by atoms with Crippen molar-refractivity contribution in [2.24, 2.45) is 5.92 Å². The van der Waals surface area contributed by atoms with Crippen LogP contribution in [0.15, 0.2) is 30.3 Å². The number of anilines is 1. The van der Waals surface area contributed by atoms with Crippen molar-refractivity contribution in [2.45, 2.75) is 32.2 Å². The molecule has 1 aromatic heterocycles. The van der Waals surface area contributed by atoms with Crippen LogP contribution in [-0.2, 0) is 14.6 Å². The normalized spacial score (nSPS) is 21.6. The van der Waals surface area contributed by atoms with Gasteiger partial charge in [0.1, 0.15) is 15.7 Å². The van der Waals surface area contributed by atoms with E-state index in [9.17, 15) is 13.2 Å². The Kier molecular flexibility index (Phi) is 5.04. The molecule has 3 heterocycles. The van der Waals surface area contributed by atoms with Crippen molar-refractivity contribution in [2.75, 3.05) is 36.5 Å². The van der Waals surface area contributed by atoms with E-state index in [0.29, 0.717) is 13.0 Å². The van der Waals surface area contributed by atoms with Gasteiger partial charge in [0.15, 0.2) is 0 Å².